The molecule has 3 saturated heterocycles. The maximum absolute atomic E-state index is 13.7. The number of carbonyl (C=O) groups is 3. The molecular weight excluding hydrogens is 423 g/mol. The first-order valence-corrected chi connectivity index (χ1v) is 10.5. The van der Waals surface area contributed by atoms with Crippen LogP contribution in [-0.4, -0.2) is 35.2 Å². The van der Waals surface area contributed by atoms with Crippen molar-refractivity contribution in [2.24, 2.45) is 11.8 Å². The fourth-order valence-corrected chi connectivity index (χ4v) is 6.23. The van der Waals surface area contributed by atoms with E-state index in [1.807, 2.05) is 4.90 Å². The van der Waals surface area contributed by atoms with Gasteiger partial charge in [-0.05, 0) is 43.7 Å². The Bertz CT molecular complexity index is 1200. The minimum Gasteiger partial charge on any atom is -0.324 e. The van der Waals surface area contributed by atoms with Crippen molar-refractivity contribution in [3.05, 3.63) is 59.7 Å². The molecule has 32 heavy (non-hydrogen) atoms. The Labute approximate surface area is 181 Å². The zero-order valence-corrected chi connectivity index (χ0v) is 16.7. The predicted molar refractivity (Wildman–Crippen MR) is 107 cm³/mol. The largest absolute Gasteiger partial charge is 0.416 e. The van der Waals surface area contributed by atoms with E-state index in [1.54, 1.807) is 24.3 Å². The summed E-state index contributed by atoms with van der Waals surface area (Å²) in [5, 5.41) is 2.86. The van der Waals surface area contributed by atoms with Crippen molar-refractivity contribution < 1.29 is 27.6 Å². The number of amides is 3. The third kappa shape index (κ3) is 2.21. The summed E-state index contributed by atoms with van der Waals surface area (Å²) in [6.45, 7) is 0.573. The molecule has 0 aliphatic carbocycles. The summed E-state index contributed by atoms with van der Waals surface area (Å²) < 4.78 is 39.8. The maximum Gasteiger partial charge on any atom is 0.416 e. The number of hydrogen-bond acceptors (Lipinski definition) is 4. The molecule has 6 rings (SSSR count). The molecule has 164 valence electrons. The number of imide groups is 1. The lowest BCUT2D eigenvalue weighted by Gasteiger charge is -2.36. The van der Waals surface area contributed by atoms with Gasteiger partial charge in [-0.25, -0.2) is 4.90 Å². The molecule has 0 unspecified atom stereocenters. The van der Waals surface area contributed by atoms with Gasteiger partial charge in [-0.3, -0.25) is 19.3 Å². The summed E-state index contributed by atoms with van der Waals surface area (Å²) in [7, 11) is 0. The second-order valence-electron chi connectivity index (χ2n) is 8.73. The van der Waals surface area contributed by atoms with Gasteiger partial charge in [0.25, 0.3) is 0 Å². The molecule has 0 aromatic heterocycles. The van der Waals surface area contributed by atoms with Crippen LogP contribution in [0.25, 0.3) is 0 Å². The van der Waals surface area contributed by atoms with Crippen LogP contribution >= 0.6 is 0 Å². The Morgan fingerprint density at radius 1 is 1.00 bits per heavy atom. The molecule has 1 spiro atoms. The van der Waals surface area contributed by atoms with Gasteiger partial charge in [-0.1, -0.05) is 24.3 Å². The second-order valence-corrected chi connectivity index (χ2v) is 8.73. The molecule has 4 aliphatic rings. The van der Waals surface area contributed by atoms with Crippen molar-refractivity contribution >= 4 is 29.1 Å². The number of halogens is 3. The fourth-order valence-electron chi connectivity index (χ4n) is 6.23. The van der Waals surface area contributed by atoms with Crippen LogP contribution in [0.1, 0.15) is 24.0 Å². The summed E-state index contributed by atoms with van der Waals surface area (Å²) in [4.78, 5) is 43.5. The lowest BCUT2D eigenvalue weighted by molar-refractivity contribution is -0.137. The van der Waals surface area contributed by atoms with Crippen LogP contribution in [0.3, 0.4) is 0 Å². The highest BCUT2D eigenvalue weighted by molar-refractivity contribution is 6.25. The van der Waals surface area contributed by atoms with E-state index in [9.17, 15) is 27.6 Å². The van der Waals surface area contributed by atoms with E-state index in [4.69, 9.17) is 0 Å². The molecule has 3 fully saturated rings. The quantitative estimate of drug-likeness (QED) is 0.691. The minimum atomic E-state index is -4.61. The molecule has 9 heteroatoms. The van der Waals surface area contributed by atoms with Gasteiger partial charge in [-0.2, -0.15) is 13.2 Å². The number of para-hydroxylation sites is 1. The van der Waals surface area contributed by atoms with Crippen LogP contribution in [0.15, 0.2) is 48.5 Å². The lowest BCUT2D eigenvalue weighted by Crippen LogP contribution is -2.54. The smallest absolute Gasteiger partial charge is 0.324 e. The first-order chi connectivity index (χ1) is 15.3. The molecule has 3 amide bonds. The predicted octanol–water partition coefficient (Wildman–Crippen LogP) is 3.14. The van der Waals surface area contributed by atoms with E-state index in [2.05, 4.69) is 5.32 Å². The summed E-state index contributed by atoms with van der Waals surface area (Å²) in [5.41, 5.74) is -1.13. The van der Waals surface area contributed by atoms with Crippen molar-refractivity contribution in [2.45, 2.75) is 30.6 Å². The third-order valence-electron chi connectivity index (χ3n) is 7.33. The standard InChI is InChI=1S/C23H18F3N3O3/c24-23(25,26)12-5-3-6-13(11-12)29-19(30)17-16-9-4-10-28(16)22(18(17)20(29)31)14-7-1-2-8-15(14)27-21(22)32/h1-3,5-8,11,16-18H,4,9-10H2,(H,27,32)/t16-,17+,18-,22-/m0/s1. The number of rotatable bonds is 1. The Morgan fingerprint density at radius 2 is 1.78 bits per heavy atom. The maximum atomic E-state index is 13.7. The highest BCUT2D eigenvalue weighted by Gasteiger charge is 2.74. The highest BCUT2D eigenvalue weighted by atomic mass is 19.4. The van der Waals surface area contributed by atoms with E-state index in [0.29, 0.717) is 24.2 Å². The van der Waals surface area contributed by atoms with E-state index >= 15 is 0 Å². The van der Waals surface area contributed by atoms with Gasteiger partial charge in [0.2, 0.25) is 17.7 Å². The van der Waals surface area contributed by atoms with Gasteiger partial charge >= 0.3 is 6.18 Å². The van der Waals surface area contributed by atoms with Gasteiger partial charge in [-0.15, -0.1) is 0 Å². The molecule has 4 atom stereocenters. The van der Waals surface area contributed by atoms with E-state index in [1.165, 1.54) is 12.1 Å². The summed E-state index contributed by atoms with van der Waals surface area (Å²) in [5.74, 6) is -3.29. The van der Waals surface area contributed by atoms with Gasteiger partial charge in [0.15, 0.2) is 0 Å². The van der Waals surface area contributed by atoms with Crippen LogP contribution in [-0.2, 0) is 26.1 Å². The molecule has 2 aromatic rings. The number of nitrogens with one attached hydrogen (secondary N) is 1. The molecule has 0 saturated carbocycles. The SMILES string of the molecule is O=C1[C@H]2[C@@H](C(=O)N1c1cccc(C(F)(F)F)c1)[C@@]1(C(=O)Nc3ccccc31)N1CCC[C@@H]21. The molecule has 0 radical (unpaired) electrons. The average Bonchev–Trinajstić information content (AvgIpc) is 3.46. The Kier molecular flexibility index (Phi) is 3.77. The highest BCUT2D eigenvalue weighted by Crippen LogP contribution is 2.60. The van der Waals surface area contributed by atoms with Crippen molar-refractivity contribution in [1.29, 1.82) is 0 Å². The monoisotopic (exact) mass is 441 g/mol. The summed E-state index contributed by atoms with van der Waals surface area (Å²) in [6.07, 6.45) is -3.19. The Morgan fingerprint density at radius 3 is 2.56 bits per heavy atom. The molecule has 2 aromatic carbocycles. The van der Waals surface area contributed by atoms with Gasteiger partial charge in [0.1, 0.15) is 5.54 Å². The van der Waals surface area contributed by atoms with E-state index in [-0.39, 0.29) is 17.6 Å². The number of carbonyl (C=O) groups excluding carboxylic acids is 3. The number of nitrogens with zero attached hydrogens (tertiary/aromatic N) is 2. The summed E-state index contributed by atoms with van der Waals surface area (Å²) in [6, 6.07) is 11.0. The third-order valence-corrected chi connectivity index (χ3v) is 7.33. The van der Waals surface area contributed by atoms with Crippen molar-refractivity contribution in [2.75, 3.05) is 16.8 Å². The molecule has 0 bridgehead atoms. The molecule has 6 nitrogen and oxygen atoms in total. The number of hydrogen-bond donors (Lipinski definition) is 1. The zero-order valence-electron chi connectivity index (χ0n) is 16.7. The Balaban J connectivity index is 1.52. The summed E-state index contributed by atoms with van der Waals surface area (Å²) >= 11 is 0. The lowest BCUT2D eigenvalue weighted by atomic mass is 9.75. The van der Waals surface area contributed by atoms with Crippen molar-refractivity contribution in [3.8, 4) is 0 Å². The molecule has 4 heterocycles. The van der Waals surface area contributed by atoms with Crippen LogP contribution < -0.4 is 10.2 Å². The second kappa shape index (κ2) is 6.19. The number of anilines is 2. The molecule has 1 N–H and O–H groups in total. The Hall–Kier alpha value is -3.20. The normalized spacial score (nSPS) is 31.3. The number of fused-ring (bicyclic) bond motifs is 7. The average molecular weight is 441 g/mol. The fraction of sp³-hybridized carbons (Fsp3) is 0.348. The first-order valence-electron chi connectivity index (χ1n) is 10.5. The van der Waals surface area contributed by atoms with Crippen LogP contribution in [0.2, 0.25) is 0 Å². The van der Waals surface area contributed by atoms with E-state index < -0.39 is 40.9 Å². The van der Waals surface area contributed by atoms with Crippen LogP contribution in [0.4, 0.5) is 24.5 Å². The van der Waals surface area contributed by atoms with Crippen LogP contribution in [0.5, 0.6) is 0 Å². The minimum absolute atomic E-state index is 0.115. The zero-order chi connectivity index (χ0) is 22.4. The van der Waals surface area contributed by atoms with Crippen molar-refractivity contribution in [3.63, 3.8) is 0 Å². The molecular formula is C23H18F3N3O3. The van der Waals surface area contributed by atoms with E-state index in [0.717, 1.165) is 23.5 Å². The van der Waals surface area contributed by atoms with Gasteiger partial charge in [0.05, 0.1) is 23.1 Å². The topological polar surface area (TPSA) is 69.7 Å². The number of benzene rings is 2. The van der Waals surface area contributed by atoms with Gasteiger partial charge in [0, 0.05) is 17.3 Å². The van der Waals surface area contributed by atoms with Crippen LogP contribution in [0, 0.1) is 11.8 Å². The van der Waals surface area contributed by atoms with Gasteiger partial charge < -0.3 is 5.32 Å². The molecule has 4 aliphatic heterocycles. The van der Waals surface area contributed by atoms with Crippen molar-refractivity contribution in [1.82, 2.24) is 4.90 Å². The number of alkyl halides is 3. The first kappa shape index (κ1) is 19.5.